The van der Waals surface area contributed by atoms with Crippen LogP contribution in [0.1, 0.15) is 18.7 Å². The Hall–Kier alpha value is -2.55. The minimum Gasteiger partial charge on any atom is -0.423 e. The van der Waals surface area contributed by atoms with E-state index < -0.39 is 0 Å². The number of anilines is 1. The second-order valence-corrected chi connectivity index (χ2v) is 5.53. The summed E-state index contributed by atoms with van der Waals surface area (Å²) in [6.07, 6.45) is 4.17. The Morgan fingerprint density at radius 3 is 2.54 bits per heavy atom. The summed E-state index contributed by atoms with van der Waals surface area (Å²) in [6, 6.07) is 1.80. The number of nitrogens with one attached hydrogen (secondary N) is 1. The normalized spacial score (nSPS) is 15.5. The van der Waals surface area contributed by atoms with Crippen molar-refractivity contribution >= 4 is 11.9 Å². The predicted octanol–water partition coefficient (Wildman–Crippen LogP) is -0.140. The summed E-state index contributed by atoms with van der Waals surface area (Å²) in [4.78, 5) is 24.8. The number of hydrogen-bond acceptors (Lipinski definition) is 8. The highest BCUT2D eigenvalue weighted by atomic mass is 16.4. The number of rotatable bonds is 6. The van der Waals surface area contributed by atoms with Crippen molar-refractivity contribution in [1.82, 2.24) is 30.4 Å². The predicted molar refractivity (Wildman–Crippen MR) is 86.2 cm³/mol. The summed E-state index contributed by atoms with van der Waals surface area (Å²) in [5.74, 6) is 1.71. The Morgan fingerprint density at radius 1 is 1.17 bits per heavy atom. The summed E-state index contributed by atoms with van der Waals surface area (Å²) in [6.45, 7) is 5.78. The van der Waals surface area contributed by atoms with Crippen LogP contribution in [0.3, 0.4) is 0 Å². The third-order valence-electron chi connectivity index (χ3n) is 3.82. The van der Waals surface area contributed by atoms with Gasteiger partial charge in [-0.05, 0) is 6.07 Å². The lowest BCUT2D eigenvalue weighted by Crippen LogP contribution is -2.49. The number of aromatic nitrogens is 4. The fourth-order valence-corrected chi connectivity index (χ4v) is 2.50. The zero-order chi connectivity index (χ0) is 16.8. The Balaban J connectivity index is 1.40. The van der Waals surface area contributed by atoms with Crippen molar-refractivity contribution in [3.63, 3.8) is 0 Å². The van der Waals surface area contributed by atoms with Gasteiger partial charge < -0.3 is 14.6 Å². The molecule has 1 aliphatic heterocycles. The monoisotopic (exact) mass is 331 g/mol. The molecule has 0 unspecified atom stereocenters. The van der Waals surface area contributed by atoms with E-state index in [9.17, 15) is 4.79 Å². The fraction of sp³-hybridized carbons (Fsp3) is 0.533. The van der Waals surface area contributed by atoms with E-state index in [0.717, 1.165) is 32.1 Å². The number of amides is 1. The first-order valence-corrected chi connectivity index (χ1v) is 8.07. The SMILES string of the molecule is CCc1nnc(CNC(=O)CN2CCN(c3ncccn3)CC2)o1. The van der Waals surface area contributed by atoms with E-state index in [1.54, 1.807) is 18.5 Å². The minimum atomic E-state index is -0.0457. The van der Waals surface area contributed by atoms with Crippen LogP contribution in [0, 0.1) is 0 Å². The average Bonchev–Trinajstić information content (AvgIpc) is 3.10. The Kier molecular flexibility index (Phi) is 5.32. The molecule has 1 fully saturated rings. The van der Waals surface area contributed by atoms with Gasteiger partial charge >= 0.3 is 0 Å². The Bertz CT molecular complexity index is 653. The summed E-state index contributed by atoms with van der Waals surface area (Å²) >= 11 is 0. The molecule has 9 heteroatoms. The summed E-state index contributed by atoms with van der Waals surface area (Å²) in [7, 11) is 0. The minimum absolute atomic E-state index is 0.0457. The molecule has 3 heterocycles. The van der Waals surface area contributed by atoms with Gasteiger partial charge in [-0.25, -0.2) is 9.97 Å². The first-order valence-electron chi connectivity index (χ1n) is 8.07. The molecule has 0 aliphatic carbocycles. The van der Waals surface area contributed by atoms with Crippen LogP contribution in [0.5, 0.6) is 0 Å². The molecule has 24 heavy (non-hydrogen) atoms. The summed E-state index contributed by atoms with van der Waals surface area (Å²) in [5.41, 5.74) is 0. The number of piperazine rings is 1. The molecule has 2 aromatic rings. The lowest BCUT2D eigenvalue weighted by atomic mass is 10.3. The molecule has 128 valence electrons. The second-order valence-electron chi connectivity index (χ2n) is 5.53. The maximum atomic E-state index is 12.0. The second kappa shape index (κ2) is 7.82. The largest absolute Gasteiger partial charge is 0.423 e. The molecule has 1 N–H and O–H groups in total. The van der Waals surface area contributed by atoms with Crippen molar-refractivity contribution in [2.75, 3.05) is 37.6 Å². The Morgan fingerprint density at radius 2 is 1.88 bits per heavy atom. The summed E-state index contributed by atoms with van der Waals surface area (Å²) < 4.78 is 5.37. The molecule has 0 aromatic carbocycles. The lowest BCUT2D eigenvalue weighted by Gasteiger charge is -2.34. The lowest BCUT2D eigenvalue weighted by molar-refractivity contribution is -0.122. The molecule has 0 saturated carbocycles. The highest BCUT2D eigenvalue weighted by Gasteiger charge is 2.20. The number of nitrogens with zero attached hydrogens (tertiary/aromatic N) is 6. The van der Waals surface area contributed by atoms with E-state index in [2.05, 4.69) is 35.3 Å². The number of hydrogen-bond donors (Lipinski definition) is 1. The maximum Gasteiger partial charge on any atom is 0.235 e. The first kappa shape index (κ1) is 16.3. The zero-order valence-electron chi connectivity index (χ0n) is 13.7. The molecule has 0 spiro atoms. The number of carbonyl (C=O) groups excluding carboxylic acids is 1. The van der Waals surface area contributed by atoms with Crippen molar-refractivity contribution in [3.8, 4) is 0 Å². The molecular formula is C15H21N7O2. The van der Waals surface area contributed by atoms with Crippen LogP contribution in [-0.4, -0.2) is 63.7 Å². The number of carbonyl (C=O) groups is 1. The van der Waals surface area contributed by atoms with Crippen molar-refractivity contribution in [2.45, 2.75) is 19.9 Å². The number of aryl methyl sites for hydroxylation is 1. The van der Waals surface area contributed by atoms with E-state index in [-0.39, 0.29) is 12.5 Å². The van der Waals surface area contributed by atoms with Crippen LogP contribution in [-0.2, 0) is 17.8 Å². The highest BCUT2D eigenvalue weighted by molar-refractivity contribution is 5.77. The van der Waals surface area contributed by atoms with Crippen molar-refractivity contribution in [3.05, 3.63) is 30.2 Å². The van der Waals surface area contributed by atoms with E-state index in [0.29, 0.717) is 24.7 Å². The van der Waals surface area contributed by atoms with Crippen LogP contribution < -0.4 is 10.2 Å². The molecular weight excluding hydrogens is 310 g/mol. The van der Waals surface area contributed by atoms with Gasteiger partial charge in [-0.2, -0.15) is 0 Å². The van der Waals surface area contributed by atoms with Gasteiger partial charge in [-0.3, -0.25) is 9.69 Å². The van der Waals surface area contributed by atoms with Crippen LogP contribution in [0.15, 0.2) is 22.9 Å². The van der Waals surface area contributed by atoms with Gasteiger partial charge in [0.15, 0.2) is 0 Å². The van der Waals surface area contributed by atoms with Crippen LogP contribution >= 0.6 is 0 Å². The fourth-order valence-electron chi connectivity index (χ4n) is 2.50. The van der Waals surface area contributed by atoms with Gasteiger partial charge in [0.1, 0.15) is 0 Å². The zero-order valence-corrected chi connectivity index (χ0v) is 13.7. The topological polar surface area (TPSA) is 100 Å². The van der Waals surface area contributed by atoms with E-state index in [1.165, 1.54) is 0 Å². The Labute approximate surface area is 140 Å². The van der Waals surface area contributed by atoms with Crippen LogP contribution in [0.25, 0.3) is 0 Å². The van der Waals surface area contributed by atoms with Gasteiger partial charge in [-0.1, -0.05) is 6.92 Å². The molecule has 2 aromatic heterocycles. The van der Waals surface area contributed by atoms with Crippen LogP contribution in [0.4, 0.5) is 5.95 Å². The first-order chi connectivity index (χ1) is 11.7. The molecule has 0 bridgehead atoms. The van der Waals surface area contributed by atoms with Gasteiger partial charge in [0.25, 0.3) is 0 Å². The smallest absolute Gasteiger partial charge is 0.235 e. The van der Waals surface area contributed by atoms with E-state index >= 15 is 0 Å². The molecule has 0 radical (unpaired) electrons. The summed E-state index contributed by atoms with van der Waals surface area (Å²) in [5, 5.41) is 10.6. The van der Waals surface area contributed by atoms with Gasteiger partial charge in [0, 0.05) is 45.0 Å². The quantitative estimate of drug-likeness (QED) is 0.781. The van der Waals surface area contributed by atoms with E-state index in [4.69, 9.17) is 4.42 Å². The van der Waals surface area contributed by atoms with Crippen molar-refractivity contribution in [1.29, 1.82) is 0 Å². The third-order valence-corrected chi connectivity index (χ3v) is 3.82. The standard InChI is InChI=1S/C15H21N7O2/c1-2-13-19-20-14(24-13)10-18-12(23)11-21-6-8-22(9-7-21)15-16-4-3-5-17-15/h3-5H,2,6-11H2,1H3,(H,18,23). The van der Waals surface area contributed by atoms with Crippen molar-refractivity contribution < 1.29 is 9.21 Å². The van der Waals surface area contributed by atoms with Gasteiger partial charge in [0.05, 0.1) is 13.1 Å². The highest BCUT2D eigenvalue weighted by Crippen LogP contribution is 2.09. The molecule has 0 atom stereocenters. The molecule has 9 nitrogen and oxygen atoms in total. The maximum absolute atomic E-state index is 12.0. The van der Waals surface area contributed by atoms with Crippen molar-refractivity contribution in [2.24, 2.45) is 0 Å². The van der Waals surface area contributed by atoms with E-state index in [1.807, 2.05) is 6.92 Å². The molecule has 1 amide bonds. The average molecular weight is 331 g/mol. The molecule has 1 saturated heterocycles. The molecule has 3 rings (SSSR count). The molecule has 1 aliphatic rings. The van der Waals surface area contributed by atoms with Gasteiger partial charge in [-0.15, -0.1) is 10.2 Å². The van der Waals surface area contributed by atoms with Crippen LogP contribution in [0.2, 0.25) is 0 Å². The van der Waals surface area contributed by atoms with Gasteiger partial charge in [0.2, 0.25) is 23.6 Å². The third kappa shape index (κ3) is 4.25.